The lowest BCUT2D eigenvalue weighted by Crippen LogP contribution is -2.43. The molecule has 1 saturated heterocycles. The Hall–Kier alpha value is -4.43. The number of rotatable bonds is 7. The lowest BCUT2D eigenvalue weighted by Gasteiger charge is -2.26. The van der Waals surface area contributed by atoms with Crippen molar-refractivity contribution in [2.45, 2.75) is 19.8 Å². The highest BCUT2D eigenvalue weighted by Gasteiger charge is 2.17. The second kappa shape index (κ2) is 12.0. The highest BCUT2D eigenvalue weighted by atomic mass is 16.5. The summed E-state index contributed by atoms with van der Waals surface area (Å²) in [4.78, 5) is 26.2. The number of morpholine rings is 1. The number of nitrogens with one attached hydrogen (secondary N) is 2. The molecule has 0 atom stereocenters. The number of aryl methyl sites for hydroxylation is 2. The summed E-state index contributed by atoms with van der Waals surface area (Å²) >= 11 is 0. The van der Waals surface area contributed by atoms with Crippen molar-refractivity contribution in [3.05, 3.63) is 90.1 Å². The van der Waals surface area contributed by atoms with Crippen molar-refractivity contribution < 1.29 is 14.3 Å². The highest BCUT2D eigenvalue weighted by Crippen LogP contribution is 2.28. The number of carbonyl (C=O) groups is 2. The van der Waals surface area contributed by atoms with Gasteiger partial charge in [-0.2, -0.15) is 5.10 Å². The van der Waals surface area contributed by atoms with Crippen LogP contribution >= 0.6 is 0 Å². The first-order valence-corrected chi connectivity index (χ1v) is 13.2. The zero-order valence-corrected chi connectivity index (χ0v) is 22.3. The van der Waals surface area contributed by atoms with Crippen LogP contribution in [0.2, 0.25) is 0 Å². The molecule has 1 fully saturated rings. The zero-order valence-electron chi connectivity index (χ0n) is 22.3. The van der Waals surface area contributed by atoms with E-state index in [1.54, 1.807) is 11.9 Å². The molecule has 39 heavy (non-hydrogen) atoms. The first-order valence-electron chi connectivity index (χ1n) is 13.2. The molecule has 1 aromatic heterocycles. The second-order valence-corrected chi connectivity index (χ2v) is 9.63. The van der Waals surface area contributed by atoms with Gasteiger partial charge in [0.2, 0.25) is 5.91 Å². The number of nitrogens with zero attached hydrogens (tertiary/aromatic N) is 3. The smallest absolute Gasteiger partial charge is 0.321 e. The van der Waals surface area contributed by atoms with Gasteiger partial charge in [-0.15, -0.1) is 0 Å². The number of hydrogen-bond acceptors (Lipinski definition) is 4. The maximum Gasteiger partial charge on any atom is 0.321 e. The lowest BCUT2D eigenvalue weighted by atomic mass is 10.0. The monoisotopic (exact) mass is 523 g/mol. The van der Waals surface area contributed by atoms with Crippen LogP contribution < -0.4 is 10.6 Å². The molecule has 2 heterocycles. The van der Waals surface area contributed by atoms with Crippen LogP contribution in [0.15, 0.2) is 78.9 Å². The predicted octanol–water partition coefficient (Wildman–Crippen LogP) is 5.06. The number of ether oxygens (including phenoxy) is 1. The van der Waals surface area contributed by atoms with Crippen molar-refractivity contribution in [3.8, 4) is 28.1 Å². The molecule has 200 valence electrons. The number of urea groups is 1. The summed E-state index contributed by atoms with van der Waals surface area (Å²) in [6.07, 6.45) is 0.903. The Morgan fingerprint density at radius 3 is 2.13 bits per heavy atom. The lowest BCUT2D eigenvalue weighted by molar-refractivity contribution is -0.120. The van der Waals surface area contributed by atoms with Crippen molar-refractivity contribution in [1.29, 1.82) is 0 Å². The standard InChI is InChI=1S/C31H33N5O3/c1-22-3-5-23(6-4-22)24-7-9-25(10-8-24)29-21-27(13-16-30(37)32-2)34-36(29)28-14-11-26(12-15-28)33-31(38)35-17-19-39-20-18-35/h3-12,14-15,21H,13,16-20H2,1-2H3,(H,32,37)(H,33,38). The number of anilines is 1. The fourth-order valence-electron chi connectivity index (χ4n) is 4.56. The van der Waals surface area contributed by atoms with E-state index in [2.05, 4.69) is 66.1 Å². The summed E-state index contributed by atoms with van der Waals surface area (Å²) in [5, 5.41) is 10.5. The predicted molar refractivity (Wildman–Crippen MR) is 153 cm³/mol. The van der Waals surface area contributed by atoms with Crippen LogP contribution in [0, 0.1) is 6.92 Å². The molecule has 4 aromatic rings. The van der Waals surface area contributed by atoms with Crippen molar-refractivity contribution >= 4 is 17.6 Å². The molecule has 1 aliphatic rings. The van der Waals surface area contributed by atoms with Gasteiger partial charge in [0.1, 0.15) is 0 Å². The zero-order chi connectivity index (χ0) is 27.2. The SMILES string of the molecule is CNC(=O)CCc1cc(-c2ccc(-c3ccc(C)cc3)cc2)n(-c2ccc(NC(=O)N3CCOCC3)cc2)n1. The molecule has 8 heteroatoms. The summed E-state index contributed by atoms with van der Waals surface area (Å²) in [6, 6.07) is 26.5. The van der Waals surface area contributed by atoms with Gasteiger partial charge >= 0.3 is 6.03 Å². The van der Waals surface area contributed by atoms with Crippen LogP contribution in [0.1, 0.15) is 17.7 Å². The molecule has 8 nitrogen and oxygen atoms in total. The average Bonchev–Trinajstić information content (AvgIpc) is 3.41. The van der Waals surface area contributed by atoms with E-state index in [-0.39, 0.29) is 11.9 Å². The van der Waals surface area contributed by atoms with Crippen LogP contribution in [0.5, 0.6) is 0 Å². The van der Waals surface area contributed by atoms with Crippen molar-refractivity contribution in [2.75, 3.05) is 38.7 Å². The molecule has 5 rings (SSSR count). The van der Waals surface area contributed by atoms with Crippen LogP contribution in [0.3, 0.4) is 0 Å². The van der Waals surface area contributed by atoms with Gasteiger partial charge in [0.25, 0.3) is 0 Å². The molecular weight excluding hydrogens is 490 g/mol. The van der Waals surface area contributed by atoms with Gasteiger partial charge in [-0.05, 0) is 48.4 Å². The third-order valence-electron chi connectivity index (χ3n) is 6.87. The van der Waals surface area contributed by atoms with E-state index >= 15 is 0 Å². The van der Waals surface area contributed by atoms with Crippen molar-refractivity contribution in [2.24, 2.45) is 0 Å². The molecular formula is C31H33N5O3. The molecule has 0 unspecified atom stereocenters. The first-order chi connectivity index (χ1) is 19.0. The number of amides is 3. The second-order valence-electron chi connectivity index (χ2n) is 9.63. The van der Waals surface area contributed by atoms with Gasteiger partial charge in [0, 0.05) is 44.2 Å². The topological polar surface area (TPSA) is 88.5 Å². The maximum atomic E-state index is 12.6. The minimum atomic E-state index is -0.129. The molecule has 2 N–H and O–H groups in total. The van der Waals surface area contributed by atoms with Gasteiger partial charge in [0.05, 0.1) is 30.3 Å². The van der Waals surface area contributed by atoms with Crippen LogP contribution in [0.4, 0.5) is 10.5 Å². The largest absolute Gasteiger partial charge is 0.378 e. The Morgan fingerprint density at radius 1 is 0.872 bits per heavy atom. The molecule has 0 spiro atoms. The Kier molecular flexibility index (Phi) is 8.03. The Labute approximate surface area is 228 Å². The van der Waals surface area contributed by atoms with E-state index in [9.17, 15) is 9.59 Å². The Balaban J connectivity index is 1.40. The quantitative estimate of drug-likeness (QED) is 0.355. The number of benzene rings is 3. The molecule has 3 amide bonds. The summed E-state index contributed by atoms with van der Waals surface area (Å²) in [7, 11) is 1.64. The summed E-state index contributed by atoms with van der Waals surface area (Å²) in [6.45, 7) is 4.37. The molecule has 1 aliphatic heterocycles. The summed E-state index contributed by atoms with van der Waals surface area (Å²) in [5.41, 5.74) is 7.91. The van der Waals surface area contributed by atoms with Crippen molar-refractivity contribution in [1.82, 2.24) is 20.0 Å². The average molecular weight is 524 g/mol. The highest BCUT2D eigenvalue weighted by molar-refractivity contribution is 5.89. The Morgan fingerprint density at radius 2 is 1.49 bits per heavy atom. The van der Waals surface area contributed by atoms with Gasteiger partial charge < -0.3 is 20.3 Å². The number of hydrogen-bond donors (Lipinski definition) is 2. The molecule has 0 bridgehead atoms. The first kappa shape index (κ1) is 26.2. The van der Waals surface area contributed by atoms with E-state index in [0.29, 0.717) is 44.8 Å². The third kappa shape index (κ3) is 6.35. The molecule has 3 aromatic carbocycles. The minimum Gasteiger partial charge on any atom is -0.378 e. The van der Waals surface area contributed by atoms with Gasteiger partial charge in [-0.25, -0.2) is 9.48 Å². The third-order valence-corrected chi connectivity index (χ3v) is 6.87. The van der Waals surface area contributed by atoms with Crippen LogP contribution in [0.25, 0.3) is 28.1 Å². The van der Waals surface area contributed by atoms with Gasteiger partial charge in [0.15, 0.2) is 0 Å². The van der Waals surface area contributed by atoms with Gasteiger partial charge in [-0.3, -0.25) is 4.79 Å². The van der Waals surface area contributed by atoms with Gasteiger partial charge in [-0.1, -0.05) is 54.1 Å². The summed E-state index contributed by atoms with van der Waals surface area (Å²) < 4.78 is 7.23. The normalized spacial score (nSPS) is 13.2. The van der Waals surface area contributed by atoms with E-state index in [0.717, 1.165) is 28.2 Å². The number of aromatic nitrogens is 2. The molecule has 0 aliphatic carbocycles. The maximum absolute atomic E-state index is 12.6. The summed E-state index contributed by atoms with van der Waals surface area (Å²) in [5.74, 6) is -0.0195. The van der Waals surface area contributed by atoms with E-state index < -0.39 is 0 Å². The van der Waals surface area contributed by atoms with Crippen LogP contribution in [-0.4, -0.2) is 60.0 Å². The number of carbonyl (C=O) groups excluding carboxylic acids is 2. The minimum absolute atomic E-state index is 0.0195. The fourth-order valence-corrected chi connectivity index (χ4v) is 4.56. The van der Waals surface area contributed by atoms with Crippen LogP contribution in [-0.2, 0) is 16.0 Å². The molecule has 0 radical (unpaired) electrons. The fraction of sp³-hybridized carbons (Fsp3) is 0.258. The van der Waals surface area contributed by atoms with E-state index in [4.69, 9.17) is 9.84 Å². The Bertz CT molecular complexity index is 1420. The van der Waals surface area contributed by atoms with Crippen molar-refractivity contribution in [3.63, 3.8) is 0 Å². The van der Waals surface area contributed by atoms with E-state index in [1.165, 1.54) is 11.1 Å². The molecule has 0 saturated carbocycles. The van der Waals surface area contributed by atoms with E-state index in [1.807, 2.05) is 35.0 Å².